The third-order valence-corrected chi connectivity index (χ3v) is 7.07. The van der Waals surface area contributed by atoms with Crippen LogP contribution in [0.3, 0.4) is 0 Å². The summed E-state index contributed by atoms with van der Waals surface area (Å²) in [6.07, 6.45) is -0.243. The van der Waals surface area contributed by atoms with Crippen molar-refractivity contribution in [1.82, 2.24) is 0 Å². The fraction of sp³-hybridized carbons (Fsp3) is 0.154. The Morgan fingerprint density at radius 1 is 1.23 bits per heavy atom. The average molecular weight is 471 g/mol. The van der Waals surface area contributed by atoms with E-state index in [1.807, 2.05) is 0 Å². The lowest BCUT2D eigenvalue weighted by atomic mass is 10.3. The molecule has 0 radical (unpaired) electrons. The normalized spacial score (nSPS) is 11.4. The molecule has 0 aliphatic rings. The second-order valence-corrected chi connectivity index (χ2v) is 10.0. The van der Waals surface area contributed by atoms with Crippen LogP contribution in [0, 0.1) is 5.82 Å². The number of amides is 1. The Balaban J connectivity index is 1.98. The molecule has 9 heteroatoms. The summed E-state index contributed by atoms with van der Waals surface area (Å²) in [6.45, 7) is 0. The van der Waals surface area contributed by atoms with E-state index in [0.717, 1.165) is 11.3 Å². The summed E-state index contributed by atoms with van der Waals surface area (Å²) in [4.78, 5) is 11.8. The predicted octanol–water partition coefficient (Wildman–Crippen LogP) is 4.21. The maximum Gasteiger partial charge on any atom is 0.225 e. The zero-order chi connectivity index (χ0) is 16.3. The fourth-order valence-electron chi connectivity index (χ4n) is 1.60. The standard InChI is InChI=1S/C13H10Br2FNO3S2/c14-8-1-2-10(9(16)7-8)17-12(18)5-6-22(19,20)13-4-3-11(15)21-13/h1-4,7H,5-6H2,(H,17,18). The van der Waals surface area contributed by atoms with Gasteiger partial charge in [0.15, 0.2) is 9.84 Å². The Morgan fingerprint density at radius 3 is 2.55 bits per heavy atom. The van der Waals surface area contributed by atoms with Crippen molar-refractivity contribution in [2.75, 3.05) is 11.1 Å². The Bertz CT molecular complexity index is 805. The minimum absolute atomic E-state index is 0.0180. The van der Waals surface area contributed by atoms with E-state index < -0.39 is 21.6 Å². The number of carbonyl (C=O) groups excluding carboxylic acids is 1. The monoisotopic (exact) mass is 469 g/mol. The van der Waals surface area contributed by atoms with E-state index in [1.54, 1.807) is 12.1 Å². The molecule has 0 unspecified atom stereocenters. The van der Waals surface area contributed by atoms with Gasteiger partial charge in [0.05, 0.1) is 15.2 Å². The first-order chi connectivity index (χ1) is 10.3. The molecule has 0 aliphatic heterocycles. The van der Waals surface area contributed by atoms with Crippen LogP contribution in [0.2, 0.25) is 0 Å². The van der Waals surface area contributed by atoms with E-state index >= 15 is 0 Å². The molecule has 22 heavy (non-hydrogen) atoms. The van der Waals surface area contributed by atoms with Crippen molar-refractivity contribution in [1.29, 1.82) is 0 Å². The molecule has 1 aromatic heterocycles. The topological polar surface area (TPSA) is 63.2 Å². The van der Waals surface area contributed by atoms with Crippen LogP contribution in [0.15, 0.2) is 42.8 Å². The quantitative estimate of drug-likeness (QED) is 0.711. The van der Waals surface area contributed by atoms with Crippen LogP contribution >= 0.6 is 43.2 Å². The number of hydrogen-bond acceptors (Lipinski definition) is 4. The van der Waals surface area contributed by atoms with Gasteiger partial charge in [-0.15, -0.1) is 11.3 Å². The summed E-state index contributed by atoms with van der Waals surface area (Å²) in [5, 5.41) is 2.36. The van der Waals surface area contributed by atoms with Gasteiger partial charge in [0.2, 0.25) is 5.91 Å². The highest BCUT2D eigenvalue weighted by atomic mass is 79.9. The molecule has 0 aliphatic carbocycles. The van der Waals surface area contributed by atoms with E-state index in [1.165, 1.54) is 18.2 Å². The zero-order valence-corrected chi connectivity index (χ0v) is 15.8. The first-order valence-corrected chi connectivity index (χ1v) is 10.1. The molecule has 0 atom stereocenters. The first-order valence-electron chi connectivity index (χ1n) is 6.01. The highest BCUT2D eigenvalue weighted by Crippen LogP contribution is 2.27. The van der Waals surface area contributed by atoms with Crippen molar-refractivity contribution in [3.8, 4) is 0 Å². The predicted molar refractivity (Wildman–Crippen MR) is 91.4 cm³/mol. The molecule has 4 nitrogen and oxygen atoms in total. The zero-order valence-electron chi connectivity index (χ0n) is 11.0. The summed E-state index contributed by atoms with van der Waals surface area (Å²) >= 11 is 7.39. The van der Waals surface area contributed by atoms with Crippen LogP contribution in [-0.4, -0.2) is 20.1 Å². The lowest BCUT2D eigenvalue weighted by Gasteiger charge is -2.07. The van der Waals surface area contributed by atoms with Crippen molar-refractivity contribution in [3.63, 3.8) is 0 Å². The molecule has 1 aromatic carbocycles. The Morgan fingerprint density at radius 2 is 1.95 bits per heavy atom. The minimum atomic E-state index is -3.52. The van der Waals surface area contributed by atoms with Crippen molar-refractivity contribution >= 4 is 64.6 Å². The van der Waals surface area contributed by atoms with Gasteiger partial charge in [0, 0.05) is 10.9 Å². The van der Waals surface area contributed by atoms with Crippen molar-refractivity contribution in [3.05, 3.63) is 44.4 Å². The first kappa shape index (κ1) is 17.6. The van der Waals surface area contributed by atoms with Crippen molar-refractivity contribution < 1.29 is 17.6 Å². The lowest BCUT2D eigenvalue weighted by Crippen LogP contribution is -2.17. The number of benzene rings is 1. The Hall–Kier alpha value is -0.770. The number of carbonyl (C=O) groups is 1. The molecule has 0 saturated carbocycles. The number of sulfone groups is 1. The summed E-state index contributed by atoms with van der Waals surface area (Å²) < 4.78 is 39.1. The minimum Gasteiger partial charge on any atom is -0.324 e. The average Bonchev–Trinajstić information content (AvgIpc) is 2.87. The number of thiophene rings is 1. The number of nitrogens with one attached hydrogen (secondary N) is 1. The van der Waals surface area contributed by atoms with E-state index in [-0.39, 0.29) is 22.1 Å². The smallest absolute Gasteiger partial charge is 0.225 e. The third kappa shape index (κ3) is 4.61. The molecule has 0 fully saturated rings. The summed E-state index contributed by atoms with van der Waals surface area (Å²) in [5.41, 5.74) is 0.0180. The number of halogens is 3. The molecule has 2 aromatic rings. The van der Waals surface area contributed by atoms with Crippen LogP contribution in [-0.2, 0) is 14.6 Å². The molecule has 0 saturated heterocycles. The summed E-state index contributed by atoms with van der Waals surface area (Å²) in [5.74, 6) is -1.47. The van der Waals surface area contributed by atoms with E-state index in [2.05, 4.69) is 37.2 Å². The molecule has 118 valence electrons. The van der Waals surface area contributed by atoms with Gasteiger partial charge in [-0.25, -0.2) is 12.8 Å². The Labute approximate surface area is 147 Å². The number of anilines is 1. The van der Waals surface area contributed by atoms with Gasteiger partial charge in [-0.05, 0) is 46.3 Å². The third-order valence-electron chi connectivity index (χ3n) is 2.66. The molecule has 1 amide bonds. The maximum atomic E-state index is 13.6. The van der Waals surface area contributed by atoms with Gasteiger partial charge >= 0.3 is 0 Å². The van der Waals surface area contributed by atoms with Gasteiger partial charge in [-0.1, -0.05) is 15.9 Å². The lowest BCUT2D eigenvalue weighted by molar-refractivity contribution is -0.115. The van der Waals surface area contributed by atoms with Crippen LogP contribution in [0.1, 0.15) is 6.42 Å². The van der Waals surface area contributed by atoms with Gasteiger partial charge in [0.25, 0.3) is 0 Å². The van der Waals surface area contributed by atoms with Crippen LogP contribution in [0.4, 0.5) is 10.1 Å². The SMILES string of the molecule is O=C(CCS(=O)(=O)c1ccc(Br)s1)Nc1ccc(Br)cc1F. The van der Waals surface area contributed by atoms with E-state index in [4.69, 9.17) is 0 Å². The van der Waals surface area contributed by atoms with Crippen molar-refractivity contribution in [2.45, 2.75) is 10.6 Å². The molecule has 0 bridgehead atoms. The van der Waals surface area contributed by atoms with Crippen LogP contribution in [0.25, 0.3) is 0 Å². The molecule has 2 rings (SSSR count). The van der Waals surface area contributed by atoms with Crippen LogP contribution in [0.5, 0.6) is 0 Å². The second kappa shape index (κ2) is 7.20. The van der Waals surface area contributed by atoms with Gasteiger partial charge in [-0.3, -0.25) is 4.79 Å². The van der Waals surface area contributed by atoms with Crippen molar-refractivity contribution in [2.24, 2.45) is 0 Å². The summed E-state index contributed by atoms with van der Waals surface area (Å²) in [6, 6.07) is 7.32. The maximum absolute atomic E-state index is 13.6. The second-order valence-electron chi connectivity index (χ2n) is 4.30. The highest BCUT2D eigenvalue weighted by Gasteiger charge is 2.19. The van der Waals surface area contributed by atoms with E-state index in [0.29, 0.717) is 8.26 Å². The molecular formula is C13H10Br2FNO3S2. The molecular weight excluding hydrogens is 461 g/mol. The van der Waals surface area contributed by atoms with Gasteiger partial charge in [0.1, 0.15) is 10.0 Å². The molecule has 1 N–H and O–H groups in total. The molecule has 0 spiro atoms. The van der Waals surface area contributed by atoms with Gasteiger partial charge in [-0.2, -0.15) is 0 Å². The van der Waals surface area contributed by atoms with E-state index in [9.17, 15) is 17.6 Å². The van der Waals surface area contributed by atoms with Gasteiger partial charge < -0.3 is 5.32 Å². The molecule has 1 heterocycles. The van der Waals surface area contributed by atoms with Crippen LogP contribution < -0.4 is 5.32 Å². The largest absolute Gasteiger partial charge is 0.324 e. The highest BCUT2D eigenvalue weighted by molar-refractivity contribution is 9.11. The fourth-order valence-corrected chi connectivity index (χ4v) is 5.33. The number of hydrogen-bond donors (Lipinski definition) is 1. The summed E-state index contributed by atoms with van der Waals surface area (Å²) in [7, 11) is -3.52. The Kier molecular flexibility index (Phi) is 5.76. The number of rotatable bonds is 5.